The monoisotopic (exact) mass is 263 g/mol. The SMILES string of the molecule is CC(C)c1ccn(-c2ccc(CCN)c(Cl)c2)n1. The molecular weight excluding hydrogens is 246 g/mol. The molecule has 0 radical (unpaired) electrons. The van der Waals surface area contributed by atoms with E-state index in [4.69, 9.17) is 17.3 Å². The number of aromatic nitrogens is 2. The number of hydrogen-bond donors (Lipinski definition) is 1. The van der Waals surface area contributed by atoms with E-state index in [0.717, 1.165) is 28.4 Å². The van der Waals surface area contributed by atoms with Crippen LogP contribution in [-0.2, 0) is 6.42 Å². The van der Waals surface area contributed by atoms with E-state index in [2.05, 4.69) is 18.9 Å². The highest BCUT2D eigenvalue weighted by Gasteiger charge is 2.06. The van der Waals surface area contributed by atoms with Gasteiger partial charge < -0.3 is 5.73 Å². The first kappa shape index (κ1) is 13.1. The molecule has 1 heterocycles. The summed E-state index contributed by atoms with van der Waals surface area (Å²) in [5, 5.41) is 5.28. The molecule has 0 aliphatic carbocycles. The number of rotatable bonds is 4. The average Bonchev–Trinajstić information content (AvgIpc) is 2.81. The molecule has 0 amide bonds. The summed E-state index contributed by atoms with van der Waals surface area (Å²) in [4.78, 5) is 0. The summed E-state index contributed by atoms with van der Waals surface area (Å²) in [6.45, 7) is 4.87. The maximum absolute atomic E-state index is 6.23. The van der Waals surface area contributed by atoms with Gasteiger partial charge in [0.25, 0.3) is 0 Å². The molecule has 2 rings (SSSR count). The van der Waals surface area contributed by atoms with Gasteiger partial charge in [-0.25, -0.2) is 4.68 Å². The van der Waals surface area contributed by atoms with Crippen LogP contribution < -0.4 is 5.73 Å². The van der Waals surface area contributed by atoms with Gasteiger partial charge >= 0.3 is 0 Å². The van der Waals surface area contributed by atoms with E-state index in [-0.39, 0.29) is 0 Å². The molecule has 2 N–H and O–H groups in total. The Morgan fingerprint density at radius 2 is 2.11 bits per heavy atom. The molecule has 1 aromatic carbocycles. The van der Waals surface area contributed by atoms with Crippen molar-refractivity contribution in [2.24, 2.45) is 5.73 Å². The van der Waals surface area contributed by atoms with Crippen LogP contribution in [0.15, 0.2) is 30.5 Å². The molecule has 0 aliphatic heterocycles. The van der Waals surface area contributed by atoms with Gasteiger partial charge in [0, 0.05) is 11.2 Å². The van der Waals surface area contributed by atoms with Gasteiger partial charge in [-0.1, -0.05) is 31.5 Å². The molecule has 0 atom stereocenters. The van der Waals surface area contributed by atoms with Gasteiger partial charge in [0.1, 0.15) is 0 Å². The predicted molar refractivity (Wildman–Crippen MR) is 75.4 cm³/mol. The lowest BCUT2D eigenvalue weighted by Gasteiger charge is -2.06. The van der Waals surface area contributed by atoms with E-state index >= 15 is 0 Å². The van der Waals surface area contributed by atoms with Gasteiger partial charge in [-0.15, -0.1) is 0 Å². The number of benzene rings is 1. The molecule has 1 aromatic heterocycles. The number of nitrogens with zero attached hydrogens (tertiary/aromatic N) is 2. The van der Waals surface area contributed by atoms with Gasteiger partial charge in [-0.05, 0) is 42.6 Å². The molecule has 0 fully saturated rings. The van der Waals surface area contributed by atoms with E-state index in [1.54, 1.807) is 0 Å². The second kappa shape index (κ2) is 5.55. The van der Waals surface area contributed by atoms with E-state index in [0.29, 0.717) is 12.5 Å². The lowest BCUT2D eigenvalue weighted by molar-refractivity contribution is 0.768. The zero-order valence-corrected chi connectivity index (χ0v) is 11.5. The fourth-order valence-corrected chi connectivity index (χ4v) is 2.10. The molecule has 0 saturated carbocycles. The van der Waals surface area contributed by atoms with Crippen LogP contribution in [0.5, 0.6) is 0 Å². The molecule has 18 heavy (non-hydrogen) atoms. The quantitative estimate of drug-likeness (QED) is 0.921. The lowest BCUT2D eigenvalue weighted by atomic mass is 10.1. The van der Waals surface area contributed by atoms with Crippen LogP contribution in [0, 0.1) is 0 Å². The summed E-state index contributed by atoms with van der Waals surface area (Å²) in [6.07, 6.45) is 2.76. The van der Waals surface area contributed by atoms with Crippen LogP contribution in [0.25, 0.3) is 5.69 Å². The van der Waals surface area contributed by atoms with Crippen molar-refractivity contribution >= 4 is 11.6 Å². The van der Waals surface area contributed by atoms with Gasteiger partial charge in [0.05, 0.1) is 11.4 Å². The average molecular weight is 264 g/mol. The Morgan fingerprint density at radius 1 is 1.33 bits per heavy atom. The molecule has 0 spiro atoms. The maximum atomic E-state index is 6.23. The first-order valence-corrected chi connectivity index (χ1v) is 6.54. The Bertz CT molecular complexity index is 532. The third-order valence-electron chi connectivity index (χ3n) is 2.92. The minimum absolute atomic E-state index is 0.429. The van der Waals surface area contributed by atoms with Gasteiger partial charge in [0.2, 0.25) is 0 Å². The van der Waals surface area contributed by atoms with Crippen LogP contribution >= 0.6 is 11.6 Å². The fraction of sp³-hybridized carbons (Fsp3) is 0.357. The molecule has 2 aromatic rings. The summed E-state index contributed by atoms with van der Waals surface area (Å²) >= 11 is 6.23. The first-order chi connectivity index (χ1) is 8.61. The highest BCUT2D eigenvalue weighted by Crippen LogP contribution is 2.21. The van der Waals surface area contributed by atoms with Crippen molar-refractivity contribution in [2.75, 3.05) is 6.54 Å². The number of nitrogens with two attached hydrogens (primary N) is 1. The highest BCUT2D eigenvalue weighted by molar-refractivity contribution is 6.31. The van der Waals surface area contributed by atoms with E-state index in [9.17, 15) is 0 Å². The molecular formula is C14H18ClN3. The third kappa shape index (κ3) is 2.74. The minimum Gasteiger partial charge on any atom is -0.330 e. The van der Waals surface area contributed by atoms with Crippen LogP contribution in [-0.4, -0.2) is 16.3 Å². The van der Waals surface area contributed by atoms with E-state index in [1.807, 2.05) is 35.1 Å². The molecule has 96 valence electrons. The standard InChI is InChI=1S/C14H18ClN3/c1-10(2)14-6-8-18(17-14)12-4-3-11(5-7-16)13(15)9-12/h3-4,6,8-10H,5,7,16H2,1-2H3. The van der Waals surface area contributed by atoms with E-state index in [1.165, 1.54) is 0 Å². The second-order valence-electron chi connectivity index (χ2n) is 4.65. The third-order valence-corrected chi connectivity index (χ3v) is 3.27. The van der Waals surface area contributed by atoms with Crippen LogP contribution in [0.1, 0.15) is 31.0 Å². The normalized spacial score (nSPS) is 11.2. The van der Waals surface area contributed by atoms with Crippen molar-refractivity contribution in [2.45, 2.75) is 26.2 Å². The summed E-state index contributed by atoms with van der Waals surface area (Å²) in [5.74, 6) is 0.429. The lowest BCUT2D eigenvalue weighted by Crippen LogP contribution is -2.04. The van der Waals surface area contributed by atoms with Gasteiger partial charge in [0.15, 0.2) is 0 Å². The number of halogens is 1. The predicted octanol–water partition coefficient (Wildman–Crippen LogP) is 3.15. The van der Waals surface area contributed by atoms with Crippen LogP contribution in [0.4, 0.5) is 0 Å². The molecule has 3 nitrogen and oxygen atoms in total. The van der Waals surface area contributed by atoms with Crippen molar-refractivity contribution in [3.05, 3.63) is 46.7 Å². The Balaban J connectivity index is 2.30. The van der Waals surface area contributed by atoms with Crippen molar-refractivity contribution in [3.63, 3.8) is 0 Å². The summed E-state index contributed by atoms with van der Waals surface area (Å²) < 4.78 is 1.85. The molecule has 0 saturated heterocycles. The smallest absolute Gasteiger partial charge is 0.0660 e. The number of hydrogen-bond acceptors (Lipinski definition) is 2. The Kier molecular flexibility index (Phi) is 4.04. The molecule has 0 unspecified atom stereocenters. The Morgan fingerprint density at radius 3 is 2.67 bits per heavy atom. The van der Waals surface area contributed by atoms with E-state index < -0.39 is 0 Å². The second-order valence-corrected chi connectivity index (χ2v) is 5.06. The van der Waals surface area contributed by atoms with Crippen LogP contribution in [0.3, 0.4) is 0 Å². The Labute approximate surface area is 113 Å². The topological polar surface area (TPSA) is 43.8 Å². The fourth-order valence-electron chi connectivity index (χ4n) is 1.83. The summed E-state index contributed by atoms with van der Waals surface area (Å²) in [6, 6.07) is 8.01. The van der Waals surface area contributed by atoms with Crippen molar-refractivity contribution in [1.29, 1.82) is 0 Å². The molecule has 0 bridgehead atoms. The van der Waals surface area contributed by atoms with Crippen molar-refractivity contribution in [1.82, 2.24) is 9.78 Å². The zero-order chi connectivity index (χ0) is 13.1. The maximum Gasteiger partial charge on any atom is 0.0660 e. The van der Waals surface area contributed by atoms with Crippen molar-refractivity contribution in [3.8, 4) is 5.69 Å². The first-order valence-electron chi connectivity index (χ1n) is 6.16. The molecule has 0 aliphatic rings. The largest absolute Gasteiger partial charge is 0.330 e. The molecule has 4 heteroatoms. The van der Waals surface area contributed by atoms with Crippen LogP contribution in [0.2, 0.25) is 5.02 Å². The van der Waals surface area contributed by atoms with Crippen molar-refractivity contribution < 1.29 is 0 Å². The zero-order valence-electron chi connectivity index (χ0n) is 10.7. The van der Waals surface area contributed by atoms with Gasteiger partial charge in [-0.3, -0.25) is 0 Å². The summed E-state index contributed by atoms with van der Waals surface area (Å²) in [7, 11) is 0. The Hall–Kier alpha value is -1.32. The summed E-state index contributed by atoms with van der Waals surface area (Å²) in [5.41, 5.74) is 8.68. The highest BCUT2D eigenvalue weighted by atomic mass is 35.5. The minimum atomic E-state index is 0.429. The van der Waals surface area contributed by atoms with Gasteiger partial charge in [-0.2, -0.15) is 5.10 Å².